The highest BCUT2D eigenvalue weighted by atomic mass is 19.2. The van der Waals surface area contributed by atoms with Gasteiger partial charge in [-0.05, 0) is 38.0 Å². The summed E-state index contributed by atoms with van der Waals surface area (Å²) >= 11 is 0. The zero-order chi connectivity index (χ0) is 15.0. The molecule has 1 aromatic carbocycles. The zero-order valence-electron chi connectivity index (χ0n) is 12.1. The summed E-state index contributed by atoms with van der Waals surface area (Å²) in [6.45, 7) is 4.60. The van der Waals surface area contributed by atoms with E-state index in [4.69, 9.17) is 0 Å². The summed E-state index contributed by atoms with van der Waals surface area (Å²) in [5.74, 6) is -1.05. The minimum absolute atomic E-state index is 0.169. The summed E-state index contributed by atoms with van der Waals surface area (Å²) in [5, 5.41) is 6.28. The third-order valence-electron chi connectivity index (χ3n) is 2.86. The van der Waals surface area contributed by atoms with E-state index in [2.05, 4.69) is 21.7 Å². The van der Waals surface area contributed by atoms with E-state index in [0.717, 1.165) is 19.0 Å². The molecule has 0 saturated carbocycles. The normalized spacial score (nSPS) is 13.6. The van der Waals surface area contributed by atoms with E-state index in [0.29, 0.717) is 11.5 Å². The van der Waals surface area contributed by atoms with Crippen molar-refractivity contribution in [1.82, 2.24) is 10.6 Å². The molecule has 1 atom stereocenters. The van der Waals surface area contributed by atoms with Crippen molar-refractivity contribution >= 4 is 5.96 Å². The highest BCUT2D eigenvalue weighted by Crippen LogP contribution is 2.15. The highest BCUT2D eigenvalue weighted by Gasteiger charge is 2.10. The van der Waals surface area contributed by atoms with Crippen LogP contribution in [0.3, 0.4) is 0 Å². The van der Waals surface area contributed by atoms with E-state index in [9.17, 15) is 8.78 Å². The van der Waals surface area contributed by atoms with E-state index >= 15 is 0 Å². The molecule has 0 aromatic heterocycles. The Kier molecular flexibility index (Phi) is 6.70. The molecule has 2 N–H and O–H groups in total. The molecule has 0 heterocycles. The standard InChI is InChI=1S/C15H21F2N3/c1-4-5-6-9-19-15(18-3)20-11(2)12-7-8-13(16)14(17)10-12/h4-5,7-8,10-11H,6,9H2,1-3H3,(H2,18,19,20)/b5-4+. The van der Waals surface area contributed by atoms with Crippen LogP contribution in [-0.4, -0.2) is 19.6 Å². The van der Waals surface area contributed by atoms with Crippen molar-refractivity contribution in [2.75, 3.05) is 13.6 Å². The predicted molar refractivity (Wildman–Crippen MR) is 78.7 cm³/mol. The van der Waals surface area contributed by atoms with Gasteiger partial charge in [0.25, 0.3) is 0 Å². The van der Waals surface area contributed by atoms with E-state index in [1.807, 2.05) is 19.9 Å². The lowest BCUT2D eigenvalue weighted by atomic mass is 10.1. The molecule has 0 spiro atoms. The van der Waals surface area contributed by atoms with E-state index in [1.54, 1.807) is 13.1 Å². The van der Waals surface area contributed by atoms with Gasteiger partial charge in [-0.25, -0.2) is 8.78 Å². The van der Waals surface area contributed by atoms with Crippen molar-refractivity contribution in [3.05, 3.63) is 47.5 Å². The Hall–Kier alpha value is -1.91. The molecule has 20 heavy (non-hydrogen) atoms. The first-order valence-corrected chi connectivity index (χ1v) is 6.61. The van der Waals surface area contributed by atoms with Gasteiger partial charge in [-0.3, -0.25) is 4.99 Å². The maximum Gasteiger partial charge on any atom is 0.191 e. The van der Waals surface area contributed by atoms with Crippen molar-refractivity contribution in [3.8, 4) is 0 Å². The van der Waals surface area contributed by atoms with Crippen molar-refractivity contribution in [1.29, 1.82) is 0 Å². The zero-order valence-corrected chi connectivity index (χ0v) is 12.1. The average molecular weight is 281 g/mol. The van der Waals surface area contributed by atoms with Gasteiger partial charge in [0.15, 0.2) is 17.6 Å². The maximum atomic E-state index is 13.2. The molecule has 0 amide bonds. The Morgan fingerprint density at radius 3 is 2.70 bits per heavy atom. The number of rotatable bonds is 5. The number of aliphatic imine (C=N–C) groups is 1. The number of nitrogens with one attached hydrogen (secondary N) is 2. The van der Waals surface area contributed by atoms with Gasteiger partial charge in [0.05, 0.1) is 6.04 Å². The number of hydrogen-bond acceptors (Lipinski definition) is 1. The lowest BCUT2D eigenvalue weighted by molar-refractivity contribution is 0.504. The lowest BCUT2D eigenvalue weighted by Gasteiger charge is -2.18. The first kappa shape index (κ1) is 16.1. The van der Waals surface area contributed by atoms with Crippen LogP contribution in [0.2, 0.25) is 0 Å². The third-order valence-corrected chi connectivity index (χ3v) is 2.86. The summed E-state index contributed by atoms with van der Waals surface area (Å²) in [4.78, 5) is 4.09. The van der Waals surface area contributed by atoms with E-state index in [-0.39, 0.29) is 6.04 Å². The van der Waals surface area contributed by atoms with Crippen molar-refractivity contribution in [2.45, 2.75) is 26.3 Å². The Balaban J connectivity index is 2.58. The molecule has 5 heteroatoms. The van der Waals surface area contributed by atoms with Crippen molar-refractivity contribution in [3.63, 3.8) is 0 Å². The predicted octanol–water partition coefficient (Wildman–Crippen LogP) is 3.16. The largest absolute Gasteiger partial charge is 0.356 e. The number of nitrogens with zero attached hydrogens (tertiary/aromatic N) is 1. The van der Waals surface area contributed by atoms with Crippen molar-refractivity contribution < 1.29 is 8.78 Å². The quantitative estimate of drug-likeness (QED) is 0.376. The van der Waals surface area contributed by atoms with Crippen LogP contribution in [0.25, 0.3) is 0 Å². The smallest absolute Gasteiger partial charge is 0.191 e. The second-order valence-corrected chi connectivity index (χ2v) is 4.40. The molecule has 1 unspecified atom stereocenters. The number of guanidine groups is 1. The summed E-state index contributed by atoms with van der Waals surface area (Å²) in [6, 6.07) is 3.71. The minimum atomic E-state index is -0.841. The fourth-order valence-corrected chi connectivity index (χ4v) is 1.71. The molecular weight excluding hydrogens is 260 g/mol. The van der Waals surface area contributed by atoms with Crippen LogP contribution in [0.4, 0.5) is 8.78 Å². The first-order valence-electron chi connectivity index (χ1n) is 6.61. The molecule has 0 aliphatic rings. The number of benzene rings is 1. The van der Waals surface area contributed by atoms with Crippen LogP contribution in [-0.2, 0) is 0 Å². The monoisotopic (exact) mass is 281 g/mol. The number of allylic oxidation sites excluding steroid dienone is 1. The van der Waals surface area contributed by atoms with Gasteiger partial charge < -0.3 is 10.6 Å². The second kappa shape index (κ2) is 8.30. The minimum Gasteiger partial charge on any atom is -0.356 e. The van der Waals surface area contributed by atoms with Crippen LogP contribution in [0, 0.1) is 11.6 Å². The highest BCUT2D eigenvalue weighted by molar-refractivity contribution is 5.80. The van der Waals surface area contributed by atoms with Crippen LogP contribution < -0.4 is 10.6 Å². The van der Waals surface area contributed by atoms with Crippen LogP contribution >= 0.6 is 0 Å². The van der Waals surface area contributed by atoms with Crippen LogP contribution in [0.15, 0.2) is 35.3 Å². The van der Waals surface area contributed by atoms with Gasteiger partial charge >= 0.3 is 0 Å². The van der Waals surface area contributed by atoms with Gasteiger partial charge in [0, 0.05) is 13.6 Å². The molecule has 1 aromatic rings. The molecule has 0 bridgehead atoms. The van der Waals surface area contributed by atoms with Crippen LogP contribution in [0.1, 0.15) is 31.9 Å². The van der Waals surface area contributed by atoms with Gasteiger partial charge in [-0.2, -0.15) is 0 Å². The van der Waals surface area contributed by atoms with Crippen molar-refractivity contribution in [2.24, 2.45) is 4.99 Å². The third kappa shape index (κ3) is 4.99. The van der Waals surface area contributed by atoms with E-state index in [1.165, 1.54) is 6.07 Å². The number of hydrogen-bond donors (Lipinski definition) is 2. The second-order valence-electron chi connectivity index (χ2n) is 4.40. The topological polar surface area (TPSA) is 36.4 Å². The van der Waals surface area contributed by atoms with E-state index < -0.39 is 11.6 Å². The van der Waals surface area contributed by atoms with Gasteiger partial charge in [-0.15, -0.1) is 0 Å². The fraction of sp³-hybridized carbons (Fsp3) is 0.400. The molecular formula is C15H21F2N3. The molecule has 110 valence electrons. The Morgan fingerprint density at radius 1 is 1.35 bits per heavy atom. The molecule has 1 rings (SSSR count). The Labute approximate surface area is 118 Å². The number of halogens is 2. The Bertz CT molecular complexity index is 484. The molecule has 0 saturated heterocycles. The Morgan fingerprint density at radius 2 is 2.10 bits per heavy atom. The average Bonchev–Trinajstić information content (AvgIpc) is 2.44. The molecule has 0 aliphatic carbocycles. The molecule has 0 radical (unpaired) electrons. The SMILES string of the molecule is C/C=C/CCNC(=NC)NC(C)c1ccc(F)c(F)c1. The summed E-state index contributed by atoms with van der Waals surface area (Å²) in [5.41, 5.74) is 0.667. The summed E-state index contributed by atoms with van der Waals surface area (Å²) < 4.78 is 26.1. The molecule has 0 fully saturated rings. The molecule has 3 nitrogen and oxygen atoms in total. The van der Waals surface area contributed by atoms with Crippen LogP contribution in [0.5, 0.6) is 0 Å². The maximum absolute atomic E-state index is 13.2. The van der Waals surface area contributed by atoms with Gasteiger partial charge in [0.1, 0.15) is 0 Å². The summed E-state index contributed by atoms with van der Waals surface area (Å²) in [7, 11) is 1.67. The molecule has 0 aliphatic heterocycles. The fourth-order valence-electron chi connectivity index (χ4n) is 1.71. The first-order chi connectivity index (χ1) is 9.58. The van der Waals surface area contributed by atoms with Gasteiger partial charge in [-0.1, -0.05) is 18.2 Å². The lowest BCUT2D eigenvalue weighted by Crippen LogP contribution is -2.39. The summed E-state index contributed by atoms with van der Waals surface area (Å²) in [6.07, 6.45) is 4.94. The van der Waals surface area contributed by atoms with Gasteiger partial charge in [0.2, 0.25) is 0 Å².